The molecule has 4 bridgehead atoms. The number of imidazole rings is 1. The van der Waals surface area contributed by atoms with E-state index in [1.807, 2.05) is 35.9 Å². The Kier molecular flexibility index (Phi) is 3.32. The normalized spacial score (nSPS) is 36.5. The van der Waals surface area contributed by atoms with Crippen LogP contribution in [-0.2, 0) is 11.8 Å². The molecule has 0 radical (unpaired) electrons. The van der Waals surface area contributed by atoms with Gasteiger partial charge in [0.15, 0.2) is 0 Å². The Hall–Kier alpha value is -2.63. The second-order valence-electron chi connectivity index (χ2n) is 9.34. The van der Waals surface area contributed by atoms with Gasteiger partial charge in [0.25, 0.3) is 5.91 Å². The molecule has 4 aliphatic carbocycles. The van der Waals surface area contributed by atoms with Gasteiger partial charge in [-0.25, -0.2) is 9.98 Å². The van der Waals surface area contributed by atoms with E-state index in [0.717, 1.165) is 34.4 Å². The first-order valence-electron chi connectivity index (χ1n) is 10.4. The molecule has 5 fully saturated rings. The van der Waals surface area contributed by atoms with Crippen molar-refractivity contribution in [1.82, 2.24) is 20.2 Å². The van der Waals surface area contributed by atoms with Gasteiger partial charge in [-0.15, -0.1) is 0 Å². The first-order valence-corrected chi connectivity index (χ1v) is 10.4. The minimum atomic E-state index is -0.107. The molecule has 0 spiro atoms. The molecule has 6 nitrogen and oxygen atoms in total. The Morgan fingerprint density at radius 3 is 2.57 bits per heavy atom. The highest BCUT2D eigenvalue weighted by molar-refractivity contribution is 6.15. The van der Waals surface area contributed by atoms with Gasteiger partial charge in [-0.2, -0.15) is 0 Å². The Morgan fingerprint density at radius 1 is 1.14 bits per heavy atom. The van der Waals surface area contributed by atoms with Crippen molar-refractivity contribution in [2.45, 2.75) is 44.1 Å². The van der Waals surface area contributed by atoms with Crippen molar-refractivity contribution in [3.63, 3.8) is 0 Å². The molecule has 0 atom stereocenters. The minimum Gasteiger partial charge on any atom is -0.334 e. The summed E-state index contributed by atoms with van der Waals surface area (Å²) in [6.45, 7) is 0. The second kappa shape index (κ2) is 5.69. The number of aryl methyl sites for hydroxylation is 1. The monoisotopic (exact) mass is 375 g/mol. The molecule has 2 aromatic rings. The molecule has 0 unspecified atom stereocenters. The average molecular weight is 375 g/mol. The zero-order chi connectivity index (χ0) is 18.9. The quantitative estimate of drug-likeness (QED) is 0.793. The number of hydrogen-bond acceptors (Lipinski definition) is 3. The number of guanidine groups is 1. The highest BCUT2D eigenvalue weighted by atomic mass is 16.2. The van der Waals surface area contributed by atoms with E-state index in [1.54, 1.807) is 6.33 Å². The summed E-state index contributed by atoms with van der Waals surface area (Å²) in [5.41, 5.74) is 3.57. The zero-order valence-corrected chi connectivity index (χ0v) is 16.1. The topological polar surface area (TPSA) is 71.3 Å². The number of aliphatic imine (C=N–C) groups is 1. The molecule has 28 heavy (non-hydrogen) atoms. The second-order valence-corrected chi connectivity index (χ2v) is 9.34. The van der Waals surface area contributed by atoms with Crippen molar-refractivity contribution in [3.8, 4) is 0 Å². The Labute approximate surface area is 164 Å². The summed E-state index contributed by atoms with van der Waals surface area (Å²) in [5.74, 6) is 3.05. The summed E-state index contributed by atoms with van der Waals surface area (Å²) in [6, 6.07) is 6.05. The minimum absolute atomic E-state index is 0.0483. The number of amides is 1. The van der Waals surface area contributed by atoms with Crippen LogP contribution in [-0.4, -0.2) is 27.0 Å². The third kappa shape index (κ3) is 2.58. The van der Waals surface area contributed by atoms with Gasteiger partial charge < -0.3 is 9.88 Å². The van der Waals surface area contributed by atoms with E-state index in [2.05, 4.69) is 15.6 Å². The summed E-state index contributed by atoms with van der Waals surface area (Å²) in [5, 5.41) is 6.19. The van der Waals surface area contributed by atoms with Crippen molar-refractivity contribution >= 4 is 29.0 Å². The predicted octanol–water partition coefficient (Wildman–Crippen LogP) is 2.96. The van der Waals surface area contributed by atoms with Crippen molar-refractivity contribution in [2.75, 3.05) is 0 Å². The third-order valence-corrected chi connectivity index (χ3v) is 7.15. The number of rotatable bonds is 2. The van der Waals surface area contributed by atoms with Crippen LogP contribution in [0.1, 0.15) is 44.1 Å². The smallest absolute Gasteiger partial charge is 0.274 e. The number of benzene rings is 1. The van der Waals surface area contributed by atoms with Crippen molar-refractivity contribution in [1.29, 1.82) is 0 Å². The Balaban J connectivity index is 1.27. The fraction of sp³-hybridized carbons (Fsp3) is 0.500. The molecule has 2 N–H and O–H groups in total. The number of nitrogens with zero attached hydrogens (tertiary/aromatic N) is 3. The van der Waals surface area contributed by atoms with E-state index in [0.29, 0.717) is 11.7 Å². The van der Waals surface area contributed by atoms with E-state index in [1.165, 1.54) is 38.5 Å². The van der Waals surface area contributed by atoms with Gasteiger partial charge in [0.2, 0.25) is 5.96 Å². The van der Waals surface area contributed by atoms with Crippen LogP contribution in [0.3, 0.4) is 0 Å². The van der Waals surface area contributed by atoms with E-state index in [-0.39, 0.29) is 11.4 Å². The van der Waals surface area contributed by atoms with Gasteiger partial charge in [-0.1, -0.05) is 6.07 Å². The summed E-state index contributed by atoms with van der Waals surface area (Å²) in [4.78, 5) is 22.0. The van der Waals surface area contributed by atoms with Crippen molar-refractivity contribution < 1.29 is 4.79 Å². The maximum absolute atomic E-state index is 12.5. The first-order chi connectivity index (χ1) is 13.6. The van der Waals surface area contributed by atoms with Crippen LogP contribution in [0.15, 0.2) is 35.2 Å². The van der Waals surface area contributed by atoms with Crippen LogP contribution < -0.4 is 10.6 Å². The molecule has 2 heterocycles. The molecule has 1 aliphatic heterocycles. The van der Waals surface area contributed by atoms with Crippen LogP contribution in [0, 0.1) is 17.8 Å². The standard InChI is InChI=1S/C22H25N5O/c1-27-12-23-17-7-13(2-3-19(17)27)8-18-20(28)25-21(24-18)26-22-9-14-4-15(10-22)6-16(5-14)11-22/h2-3,7-8,12,14-16H,4-6,9-11H2,1H3,(H2,24,25,26,28)/b18-8-. The molecule has 6 heteroatoms. The van der Waals surface area contributed by atoms with Gasteiger partial charge in [0.05, 0.1) is 22.9 Å². The van der Waals surface area contributed by atoms with E-state index >= 15 is 0 Å². The molecule has 1 aromatic carbocycles. The largest absolute Gasteiger partial charge is 0.334 e. The van der Waals surface area contributed by atoms with Crippen molar-refractivity contribution in [2.24, 2.45) is 29.8 Å². The molecule has 1 amide bonds. The maximum atomic E-state index is 12.5. The summed E-state index contributed by atoms with van der Waals surface area (Å²) >= 11 is 0. The van der Waals surface area contributed by atoms with E-state index < -0.39 is 0 Å². The summed E-state index contributed by atoms with van der Waals surface area (Å²) < 4.78 is 1.99. The van der Waals surface area contributed by atoms with E-state index in [9.17, 15) is 4.79 Å². The van der Waals surface area contributed by atoms with Gasteiger partial charge in [-0.3, -0.25) is 10.1 Å². The van der Waals surface area contributed by atoms with Crippen molar-refractivity contribution in [3.05, 3.63) is 35.8 Å². The van der Waals surface area contributed by atoms with Gasteiger partial charge in [0.1, 0.15) is 5.70 Å². The SMILES string of the molecule is Cn1cnc2cc(/C=C3\NC(=NC45CC6CC(CC(C6)C4)C5)NC3=O)ccc21. The fourth-order valence-corrected chi connectivity index (χ4v) is 6.40. The number of aromatic nitrogens is 2. The highest BCUT2D eigenvalue weighted by Crippen LogP contribution is 2.57. The van der Waals surface area contributed by atoms with Gasteiger partial charge in [0, 0.05) is 7.05 Å². The lowest BCUT2D eigenvalue weighted by atomic mass is 9.53. The molecule has 5 aliphatic rings. The molecule has 7 rings (SSSR count). The number of carbonyl (C=O) groups excluding carboxylic acids is 1. The summed E-state index contributed by atoms with van der Waals surface area (Å²) in [7, 11) is 1.98. The number of carbonyl (C=O) groups is 1. The molecular formula is C22H25N5O. The zero-order valence-electron chi connectivity index (χ0n) is 16.1. The van der Waals surface area contributed by atoms with Crippen LogP contribution >= 0.6 is 0 Å². The summed E-state index contributed by atoms with van der Waals surface area (Å²) in [6.07, 6.45) is 11.4. The Bertz CT molecular complexity index is 1010. The number of fused-ring (bicyclic) bond motifs is 1. The van der Waals surface area contributed by atoms with Crippen LogP contribution in [0.4, 0.5) is 0 Å². The highest BCUT2D eigenvalue weighted by Gasteiger charge is 2.51. The lowest BCUT2D eigenvalue weighted by Gasteiger charge is -2.54. The lowest BCUT2D eigenvalue weighted by molar-refractivity contribution is -0.115. The fourth-order valence-electron chi connectivity index (χ4n) is 6.40. The number of hydrogen-bond donors (Lipinski definition) is 2. The lowest BCUT2D eigenvalue weighted by Crippen LogP contribution is -2.50. The Morgan fingerprint density at radius 2 is 1.86 bits per heavy atom. The molecule has 1 saturated heterocycles. The first kappa shape index (κ1) is 16.3. The van der Waals surface area contributed by atoms with Gasteiger partial charge in [-0.05, 0) is 80.1 Å². The molecule has 1 aromatic heterocycles. The van der Waals surface area contributed by atoms with E-state index in [4.69, 9.17) is 4.99 Å². The van der Waals surface area contributed by atoms with Gasteiger partial charge >= 0.3 is 0 Å². The number of nitrogens with one attached hydrogen (secondary N) is 2. The third-order valence-electron chi connectivity index (χ3n) is 7.15. The molecule has 4 saturated carbocycles. The van der Waals surface area contributed by atoms with Crippen LogP contribution in [0.2, 0.25) is 0 Å². The van der Waals surface area contributed by atoms with Crippen LogP contribution in [0.25, 0.3) is 17.1 Å². The maximum Gasteiger partial charge on any atom is 0.274 e. The molecular weight excluding hydrogens is 350 g/mol. The average Bonchev–Trinajstić information content (AvgIpc) is 3.16. The molecule has 144 valence electrons. The van der Waals surface area contributed by atoms with Crippen LogP contribution in [0.5, 0.6) is 0 Å². The predicted molar refractivity (Wildman–Crippen MR) is 108 cm³/mol.